The summed E-state index contributed by atoms with van der Waals surface area (Å²) in [7, 11) is -1.84. The van der Waals surface area contributed by atoms with Gasteiger partial charge in [-0.05, 0) is 19.8 Å². The van der Waals surface area contributed by atoms with Crippen LogP contribution in [0.1, 0.15) is 24.1 Å². The van der Waals surface area contributed by atoms with Crippen molar-refractivity contribution in [2.24, 2.45) is 18.1 Å². The molecular weight excluding hydrogens is 325 g/mol. The monoisotopic (exact) mass is 345 g/mol. The van der Waals surface area contributed by atoms with Gasteiger partial charge < -0.3 is 0 Å². The number of amides is 1. The van der Waals surface area contributed by atoms with Crippen molar-refractivity contribution < 1.29 is 17.6 Å². The summed E-state index contributed by atoms with van der Waals surface area (Å²) >= 11 is 0. The summed E-state index contributed by atoms with van der Waals surface area (Å²) in [5, 5.41) is 7.65. The highest BCUT2D eigenvalue weighted by molar-refractivity contribution is 7.88. The van der Waals surface area contributed by atoms with E-state index in [1.54, 1.807) is 6.92 Å². The number of aryl methyl sites for hydroxylation is 2. The summed E-state index contributed by atoms with van der Waals surface area (Å²) in [6.07, 6.45) is 3.53. The van der Waals surface area contributed by atoms with E-state index in [4.69, 9.17) is 0 Å². The zero-order chi connectivity index (χ0) is 17.2. The molecule has 1 atom stereocenters. The molecule has 1 saturated heterocycles. The molecule has 1 aromatic heterocycles. The number of piperidine rings is 1. The number of hydrogen-bond acceptors (Lipinski definition) is 5. The number of nitrogens with one attached hydrogen (secondary N) is 1. The Morgan fingerprint density at radius 2 is 2.22 bits per heavy atom. The van der Waals surface area contributed by atoms with Gasteiger partial charge in [0.2, 0.25) is 21.9 Å². The first kappa shape index (κ1) is 17.5. The molecule has 1 N–H and O–H groups in total. The summed E-state index contributed by atoms with van der Waals surface area (Å²) in [5.41, 5.74) is 3.01. The van der Waals surface area contributed by atoms with Gasteiger partial charge in [0.15, 0.2) is 0 Å². The molecule has 8 nitrogen and oxygen atoms in total. The Kier molecular flexibility index (Phi) is 5.15. The van der Waals surface area contributed by atoms with E-state index in [2.05, 4.69) is 15.6 Å². The van der Waals surface area contributed by atoms with E-state index in [1.807, 2.05) is 0 Å². The number of hydrogen-bond donors (Lipinski definition) is 1. The van der Waals surface area contributed by atoms with Gasteiger partial charge in [-0.3, -0.25) is 4.79 Å². The maximum atomic E-state index is 13.7. The smallest absolute Gasteiger partial charge is 0.244 e. The molecule has 0 unspecified atom stereocenters. The Hall–Kier alpha value is -1.81. The quantitative estimate of drug-likeness (QED) is 0.613. The van der Waals surface area contributed by atoms with Gasteiger partial charge in [0, 0.05) is 20.1 Å². The lowest BCUT2D eigenvalue weighted by Gasteiger charge is -2.29. The maximum absolute atomic E-state index is 13.7. The van der Waals surface area contributed by atoms with Crippen molar-refractivity contribution in [1.82, 2.24) is 19.5 Å². The third-order valence-corrected chi connectivity index (χ3v) is 5.06. The van der Waals surface area contributed by atoms with Crippen LogP contribution >= 0.6 is 0 Å². The van der Waals surface area contributed by atoms with Crippen molar-refractivity contribution in [1.29, 1.82) is 0 Å². The fourth-order valence-electron chi connectivity index (χ4n) is 2.50. The molecule has 1 aliphatic heterocycles. The van der Waals surface area contributed by atoms with Crippen molar-refractivity contribution in [2.45, 2.75) is 19.8 Å². The van der Waals surface area contributed by atoms with Crippen LogP contribution in [0.2, 0.25) is 0 Å². The molecule has 1 amide bonds. The van der Waals surface area contributed by atoms with E-state index in [1.165, 1.54) is 17.6 Å². The molecule has 1 fully saturated rings. The average molecular weight is 345 g/mol. The van der Waals surface area contributed by atoms with Crippen molar-refractivity contribution >= 4 is 22.1 Å². The fraction of sp³-hybridized carbons (Fsp3) is 0.615. The van der Waals surface area contributed by atoms with Gasteiger partial charge in [-0.25, -0.2) is 22.8 Å². The molecule has 0 bridgehead atoms. The summed E-state index contributed by atoms with van der Waals surface area (Å²) < 4.78 is 39.2. The molecule has 23 heavy (non-hydrogen) atoms. The first-order valence-corrected chi connectivity index (χ1v) is 9.02. The Morgan fingerprint density at radius 3 is 2.78 bits per heavy atom. The SMILES string of the molecule is Cc1nn(C)c(F)c1/C=N\NC(=O)[C@@H]1CCCN(S(C)(=O)=O)C1. The minimum Gasteiger partial charge on any atom is -0.273 e. The molecular formula is C13H20FN5O3S. The molecule has 128 valence electrons. The molecule has 1 aromatic rings. The van der Waals surface area contributed by atoms with E-state index < -0.39 is 21.9 Å². The molecule has 10 heteroatoms. The number of aromatic nitrogens is 2. The molecule has 2 heterocycles. The highest BCUT2D eigenvalue weighted by atomic mass is 32.2. The molecule has 2 rings (SSSR count). The van der Waals surface area contributed by atoms with Gasteiger partial charge in [-0.1, -0.05) is 0 Å². The number of rotatable bonds is 4. The number of carbonyl (C=O) groups excluding carboxylic acids is 1. The highest BCUT2D eigenvalue weighted by Crippen LogP contribution is 2.18. The van der Waals surface area contributed by atoms with Crippen molar-refractivity contribution in [3.63, 3.8) is 0 Å². The predicted octanol–water partition coefficient (Wildman–Crippen LogP) is -0.0107. The number of hydrazone groups is 1. The van der Waals surface area contributed by atoms with Crippen LogP contribution in [0.15, 0.2) is 5.10 Å². The first-order chi connectivity index (χ1) is 10.7. The van der Waals surface area contributed by atoms with Crippen LogP contribution in [-0.2, 0) is 21.9 Å². The lowest BCUT2D eigenvalue weighted by atomic mass is 9.99. The van der Waals surface area contributed by atoms with Gasteiger partial charge in [0.25, 0.3) is 0 Å². The average Bonchev–Trinajstić information content (AvgIpc) is 2.72. The van der Waals surface area contributed by atoms with Crippen molar-refractivity contribution in [3.8, 4) is 0 Å². The van der Waals surface area contributed by atoms with Crippen LogP contribution in [0.5, 0.6) is 0 Å². The number of sulfonamides is 1. The number of carbonyl (C=O) groups is 1. The Balaban J connectivity index is 1.98. The molecule has 0 saturated carbocycles. The van der Waals surface area contributed by atoms with Gasteiger partial charge >= 0.3 is 0 Å². The van der Waals surface area contributed by atoms with Crippen LogP contribution in [-0.4, -0.2) is 54.0 Å². The van der Waals surface area contributed by atoms with E-state index in [9.17, 15) is 17.6 Å². The van der Waals surface area contributed by atoms with E-state index in [-0.39, 0.29) is 18.0 Å². The Bertz CT molecular complexity index is 728. The zero-order valence-electron chi connectivity index (χ0n) is 13.3. The molecule has 0 spiro atoms. The van der Waals surface area contributed by atoms with Gasteiger partial charge in [-0.2, -0.15) is 14.6 Å². The standard InChI is InChI=1S/C13H20FN5O3S/c1-9-11(12(14)18(2)17-9)7-15-16-13(20)10-5-4-6-19(8-10)23(3,21)22/h7,10H,4-6,8H2,1-3H3,(H,16,20)/b15-7-/t10-/m1/s1. The molecule has 1 aliphatic rings. The second-order valence-electron chi connectivity index (χ2n) is 5.61. The van der Waals surface area contributed by atoms with Crippen LogP contribution in [0.25, 0.3) is 0 Å². The minimum atomic E-state index is -3.31. The Labute approximate surface area is 134 Å². The van der Waals surface area contributed by atoms with E-state index >= 15 is 0 Å². The van der Waals surface area contributed by atoms with Gasteiger partial charge in [0.1, 0.15) is 0 Å². The topological polar surface area (TPSA) is 96.7 Å². The third kappa shape index (κ3) is 4.14. The largest absolute Gasteiger partial charge is 0.273 e. The number of halogens is 1. The summed E-state index contributed by atoms with van der Waals surface area (Å²) in [6, 6.07) is 0. The Morgan fingerprint density at radius 1 is 1.52 bits per heavy atom. The van der Waals surface area contributed by atoms with Crippen molar-refractivity contribution in [2.75, 3.05) is 19.3 Å². The number of nitrogens with zero attached hydrogens (tertiary/aromatic N) is 4. The van der Waals surface area contributed by atoms with Crippen LogP contribution in [0.3, 0.4) is 0 Å². The van der Waals surface area contributed by atoms with Crippen molar-refractivity contribution in [3.05, 3.63) is 17.2 Å². The van der Waals surface area contributed by atoms with E-state index in [0.29, 0.717) is 25.1 Å². The summed E-state index contributed by atoms with van der Waals surface area (Å²) in [6.45, 7) is 2.20. The lowest BCUT2D eigenvalue weighted by Crippen LogP contribution is -2.44. The first-order valence-electron chi connectivity index (χ1n) is 7.17. The maximum Gasteiger partial charge on any atom is 0.244 e. The highest BCUT2D eigenvalue weighted by Gasteiger charge is 2.30. The molecule has 0 aliphatic carbocycles. The molecule has 0 aromatic carbocycles. The second kappa shape index (κ2) is 6.75. The van der Waals surface area contributed by atoms with Crippen LogP contribution < -0.4 is 5.43 Å². The van der Waals surface area contributed by atoms with Crippen LogP contribution in [0.4, 0.5) is 4.39 Å². The predicted molar refractivity (Wildman–Crippen MR) is 82.8 cm³/mol. The zero-order valence-corrected chi connectivity index (χ0v) is 14.1. The fourth-order valence-corrected chi connectivity index (χ4v) is 3.41. The minimum absolute atomic E-state index is 0.139. The van der Waals surface area contributed by atoms with E-state index in [0.717, 1.165) is 10.9 Å². The van der Waals surface area contributed by atoms with Gasteiger partial charge in [-0.15, -0.1) is 0 Å². The van der Waals surface area contributed by atoms with Crippen LogP contribution in [0, 0.1) is 18.8 Å². The summed E-state index contributed by atoms with van der Waals surface area (Å²) in [5.74, 6) is -1.38. The second-order valence-corrected chi connectivity index (χ2v) is 7.59. The molecule has 0 radical (unpaired) electrons. The normalized spacial score (nSPS) is 20.1. The summed E-state index contributed by atoms with van der Waals surface area (Å²) in [4.78, 5) is 12.1. The third-order valence-electron chi connectivity index (χ3n) is 3.79. The van der Waals surface area contributed by atoms with Gasteiger partial charge in [0.05, 0.1) is 29.6 Å². The lowest BCUT2D eigenvalue weighted by molar-refractivity contribution is -0.126.